The minimum atomic E-state index is -0.739. The third-order valence-corrected chi connectivity index (χ3v) is 3.13. The van der Waals surface area contributed by atoms with E-state index in [0.29, 0.717) is 11.5 Å². The summed E-state index contributed by atoms with van der Waals surface area (Å²) < 4.78 is 15.7. The standard InChI is InChI=1S/C15H18O4/c1-9-5-13(17-3)14(18-4)7-12(9)15(16)11-6-10(2)19-8-11/h5-8,15-16H,1-4H3. The van der Waals surface area contributed by atoms with Crippen LogP contribution in [-0.2, 0) is 0 Å². The second kappa shape index (κ2) is 5.36. The van der Waals surface area contributed by atoms with Crippen molar-refractivity contribution in [3.8, 4) is 11.5 Å². The minimum Gasteiger partial charge on any atom is -0.493 e. The molecule has 1 N–H and O–H groups in total. The molecule has 2 rings (SSSR count). The van der Waals surface area contributed by atoms with Crippen molar-refractivity contribution < 1.29 is 19.0 Å². The molecule has 102 valence electrons. The van der Waals surface area contributed by atoms with Gasteiger partial charge >= 0.3 is 0 Å². The minimum absolute atomic E-state index is 0.599. The van der Waals surface area contributed by atoms with Gasteiger partial charge in [-0.1, -0.05) is 0 Å². The Hall–Kier alpha value is -1.94. The lowest BCUT2D eigenvalue weighted by atomic mass is 9.98. The van der Waals surface area contributed by atoms with Gasteiger partial charge in [-0.25, -0.2) is 0 Å². The molecule has 19 heavy (non-hydrogen) atoms. The molecule has 0 aliphatic carbocycles. The number of rotatable bonds is 4. The van der Waals surface area contributed by atoms with Gasteiger partial charge in [-0.15, -0.1) is 0 Å². The van der Waals surface area contributed by atoms with Gasteiger partial charge in [0, 0.05) is 5.56 Å². The van der Waals surface area contributed by atoms with Crippen LogP contribution >= 0.6 is 0 Å². The van der Waals surface area contributed by atoms with Crippen LogP contribution in [0.3, 0.4) is 0 Å². The second-order valence-corrected chi connectivity index (χ2v) is 4.46. The van der Waals surface area contributed by atoms with E-state index < -0.39 is 6.10 Å². The summed E-state index contributed by atoms with van der Waals surface area (Å²) in [6, 6.07) is 5.46. The summed E-state index contributed by atoms with van der Waals surface area (Å²) >= 11 is 0. The van der Waals surface area contributed by atoms with Gasteiger partial charge in [0.2, 0.25) is 0 Å². The molecule has 1 aromatic heterocycles. The molecule has 0 amide bonds. The zero-order valence-electron chi connectivity index (χ0n) is 11.6. The molecule has 4 heteroatoms. The highest BCUT2D eigenvalue weighted by Crippen LogP contribution is 2.35. The van der Waals surface area contributed by atoms with E-state index >= 15 is 0 Å². The molecule has 2 aromatic rings. The maximum absolute atomic E-state index is 10.4. The van der Waals surface area contributed by atoms with Crippen molar-refractivity contribution in [2.24, 2.45) is 0 Å². The highest BCUT2D eigenvalue weighted by molar-refractivity contribution is 5.49. The van der Waals surface area contributed by atoms with Crippen molar-refractivity contribution in [3.63, 3.8) is 0 Å². The first-order valence-corrected chi connectivity index (χ1v) is 6.02. The van der Waals surface area contributed by atoms with Crippen LogP contribution in [0, 0.1) is 13.8 Å². The van der Waals surface area contributed by atoms with Gasteiger partial charge in [-0.2, -0.15) is 0 Å². The number of aliphatic hydroxyl groups is 1. The predicted octanol–water partition coefficient (Wildman–Crippen LogP) is 3.00. The van der Waals surface area contributed by atoms with Gasteiger partial charge in [0.05, 0.1) is 20.5 Å². The molecule has 0 bridgehead atoms. The van der Waals surface area contributed by atoms with Crippen molar-refractivity contribution in [1.82, 2.24) is 0 Å². The van der Waals surface area contributed by atoms with Gasteiger partial charge in [0.15, 0.2) is 11.5 Å². The lowest BCUT2D eigenvalue weighted by Crippen LogP contribution is -2.02. The topological polar surface area (TPSA) is 51.8 Å². The average Bonchev–Trinajstić information content (AvgIpc) is 2.84. The Morgan fingerprint density at radius 3 is 2.21 bits per heavy atom. The molecule has 1 unspecified atom stereocenters. The van der Waals surface area contributed by atoms with Crippen molar-refractivity contribution >= 4 is 0 Å². The monoisotopic (exact) mass is 262 g/mol. The van der Waals surface area contributed by atoms with Crippen molar-refractivity contribution in [2.75, 3.05) is 14.2 Å². The summed E-state index contributed by atoms with van der Waals surface area (Å²) in [7, 11) is 3.16. The summed E-state index contributed by atoms with van der Waals surface area (Å²) in [6.07, 6.45) is 0.827. The van der Waals surface area contributed by atoms with Crippen LogP contribution in [0.4, 0.5) is 0 Å². The molecule has 0 aliphatic rings. The van der Waals surface area contributed by atoms with Gasteiger partial charge in [0.25, 0.3) is 0 Å². The number of methoxy groups -OCH3 is 2. The van der Waals surface area contributed by atoms with Crippen LogP contribution in [0.25, 0.3) is 0 Å². The Morgan fingerprint density at radius 1 is 1.05 bits per heavy atom. The Balaban J connectivity index is 2.44. The van der Waals surface area contributed by atoms with E-state index in [1.807, 2.05) is 26.0 Å². The maximum atomic E-state index is 10.4. The summed E-state index contributed by atoms with van der Waals surface area (Å²) in [5.74, 6) is 2.02. The molecule has 0 saturated heterocycles. The SMILES string of the molecule is COc1cc(C)c(C(O)c2coc(C)c2)cc1OC. The van der Waals surface area contributed by atoms with Gasteiger partial charge in [-0.05, 0) is 43.2 Å². The molecular weight excluding hydrogens is 244 g/mol. The first kappa shape index (κ1) is 13.5. The third-order valence-electron chi connectivity index (χ3n) is 3.13. The quantitative estimate of drug-likeness (QED) is 0.920. The molecule has 1 aromatic carbocycles. The molecule has 0 fully saturated rings. The third kappa shape index (κ3) is 2.58. The van der Waals surface area contributed by atoms with E-state index in [0.717, 1.165) is 22.5 Å². The fourth-order valence-corrected chi connectivity index (χ4v) is 2.08. The number of furan rings is 1. The predicted molar refractivity (Wildman–Crippen MR) is 71.8 cm³/mol. The second-order valence-electron chi connectivity index (χ2n) is 4.46. The molecule has 0 spiro atoms. The maximum Gasteiger partial charge on any atom is 0.161 e. The first-order chi connectivity index (χ1) is 9.06. The summed E-state index contributed by atoms with van der Waals surface area (Å²) in [6.45, 7) is 3.77. The first-order valence-electron chi connectivity index (χ1n) is 6.02. The number of ether oxygens (including phenoxy) is 2. The van der Waals surface area contributed by atoms with Crippen LogP contribution in [0.1, 0.15) is 28.6 Å². The molecule has 1 atom stereocenters. The summed E-state index contributed by atoms with van der Waals surface area (Å²) in [5, 5.41) is 10.4. The number of hydrogen-bond donors (Lipinski definition) is 1. The normalized spacial score (nSPS) is 12.3. The Bertz CT molecular complexity index is 572. The zero-order valence-corrected chi connectivity index (χ0v) is 11.6. The fourth-order valence-electron chi connectivity index (χ4n) is 2.08. The lowest BCUT2D eigenvalue weighted by molar-refractivity contribution is 0.217. The van der Waals surface area contributed by atoms with Gasteiger partial charge < -0.3 is 19.0 Å². The van der Waals surface area contributed by atoms with Gasteiger partial charge in [-0.3, -0.25) is 0 Å². The Morgan fingerprint density at radius 2 is 1.68 bits per heavy atom. The van der Waals surface area contributed by atoms with Crippen LogP contribution in [-0.4, -0.2) is 19.3 Å². The molecule has 1 heterocycles. The molecule has 0 aliphatic heterocycles. The summed E-state index contributed by atoms with van der Waals surface area (Å²) in [4.78, 5) is 0. The molecule has 0 saturated carbocycles. The highest BCUT2D eigenvalue weighted by Gasteiger charge is 2.18. The smallest absolute Gasteiger partial charge is 0.161 e. The number of benzene rings is 1. The lowest BCUT2D eigenvalue weighted by Gasteiger charge is -2.16. The number of aryl methyl sites for hydroxylation is 2. The average molecular weight is 262 g/mol. The van der Waals surface area contributed by atoms with Crippen LogP contribution in [0.2, 0.25) is 0 Å². The van der Waals surface area contributed by atoms with Crippen LogP contribution in [0.5, 0.6) is 11.5 Å². The summed E-state index contributed by atoms with van der Waals surface area (Å²) in [5.41, 5.74) is 2.44. The Kier molecular flexibility index (Phi) is 3.81. The van der Waals surface area contributed by atoms with E-state index in [1.165, 1.54) is 0 Å². The van der Waals surface area contributed by atoms with Crippen molar-refractivity contribution in [2.45, 2.75) is 20.0 Å². The van der Waals surface area contributed by atoms with Crippen LogP contribution < -0.4 is 9.47 Å². The molecule has 4 nitrogen and oxygen atoms in total. The van der Waals surface area contributed by atoms with E-state index in [1.54, 1.807) is 26.5 Å². The fraction of sp³-hybridized carbons (Fsp3) is 0.333. The van der Waals surface area contributed by atoms with Gasteiger partial charge in [0.1, 0.15) is 11.9 Å². The Labute approximate surface area is 112 Å². The number of hydrogen-bond acceptors (Lipinski definition) is 4. The zero-order chi connectivity index (χ0) is 14.0. The molecule has 0 radical (unpaired) electrons. The van der Waals surface area contributed by atoms with Crippen LogP contribution in [0.15, 0.2) is 28.9 Å². The van der Waals surface area contributed by atoms with Crippen molar-refractivity contribution in [3.05, 3.63) is 46.9 Å². The highest BCUT2D eigenvalue weighted by atomic mass is 16.5. The van der Waals surface area contributed by atoms with E-state index in [-0.39, 0.29) is 0 Å². The van der Waals surface area contributed by atoms with E-state index in [4.69, 9.17) is 13.9 Å². The van der Waals surface area contributed by atoms with Crippen molar-refractivity contribution in [1.29, 1.82) is 0 Å². The molecular formula is C15H18O4. The van der Waals surface area contributed by atoms with E-state index in [9.17, 15) is 5.11 Å². The number of aliphatic hydroxyl groups excluding tert-OH is 1. The van der Waals surface area contributed by atoms with E-state index in [2.05, 4.69) is 0 Å². The largest absolute Gasteiger partial charge is 0.493 e.